The highest BCUT2D eigenvalue weighted by atomic mass is 32.9. The molecule has 0 fully saturated rings. The second kappa shape index (κ2) is 5.61. The van der Waals surface area contributed by atoms with Crippen molar-refractivity contribution in [3.63, 3.8) is 0 Å². The molecular formula is C7H17O2PS2. The number of hydrogen-bond donors (Lipinski definition) is 2. The van der Waals surface area contributed by atoms with Crippen LogP contribution in [0.5, 0.6) is 0 Å². The van der Waals surface area contributed by atoms with Gasteiger partial charge in [0.2, 0.25) is 5.69 Å². The third-order valence-corrected chi connectivity index (χ3v) is 5.25. The van der Waals surface area contributed by atoms with Crippen LogP contribution in [0.25, 0.3) is 0 Å². The summed E-state index contributed by atoms with van der Waals surface area (Å²) in [7, 11) is 0. The molecule has 2 N–H and O–H groups in total. The zero-order valence-electron chi connectivity index (χ0n) is 7.73. The molecule has 0 saturated carbocycles. The molecule has 0 amide bonds. The molecule has 0 spiro atoms. The molecule has 0 radical (unpaired) electrons. The van der Waals surface area contributed by atoms with Gasteiger partial charge in [0.05, 0.1) is 0 Å². The van der Waals surface area contributed by atoms with Crippen molar-refractivity contribution < 1.29 is 9.79 Å². The Morgan fingerprint density at radius 2 is 1.92 bits per heavy atom. The second-order valence-electron chi connectivity index (χ2n) is 3.16. The van der Waals surface area contributed by atoms with Crippen molar-refractivity contribution in [2.45, 2.75) is 38.9 Å². The van der Waals surface area contributed by atoms with Crippen LogP contribution in [-0.4, -0.2) is 15.0 Å². The molecule has 0 bridgehead atoms. The van der Waals surface area contributed by atoms with Crippen molar-refractivity contribution in [2.75, 3.05) is 0 Å². The Morgan fingerprint density at radius 1 is 1.42 bits per heavy atom. The lowest BCUT2D eigenvalue weighted by Gasteiger charge is -2.17. The fourth-order valence-electron chi connectivity index (χ4n) is 1.01. The molecule has 5 heteroatoms. The van der Waals surface area contributed by atoms with E-state index in [9.17, 15) is 0 Å². The first kappa shape index (κ1) is 12.9. The average Bonchev–Trinajstić information content (AvgIpc) is 1.82. The fraction of sp³-hybridized carbons (Fsp3) is 1.00. The number of hydrogen-bond acceptors (Lipinski definition) is 2. The fourth-order valence-corrected chi connectivity index (χ4v) is 4.88. The molecular weight excluding hydrogens is 211 g/mol. The zero-order chi connectivity index (χ0) is 9.78. The third kappa shape index (κ3) is 7.56. The van der Waals surface area contributed by atoms with E-state index in [0.717, 1.165) is 24.2 Å². The van der Waals surface area contributed by atoms with E-state index in [0.29, 0.717) is 5.92 Å². The second-order valence-corrected chi connectivity index (χ2v) is 9.53. The lowest BCUT2D eigenvalue weighted by Crippen LogP contribution is -2.03. The zero-order valence-corrected chi connectivity index (χ0v) is 10.3. The average molecular weight is 228 g/mol. The molecule has 2 unspecified atom stereocenters. The van der Waals surface area contributed by atoms with E-state index in [1.807, 2.05) is 6.92 Å². The summed E-state index contributed by atoms with van der Waals surface area (Å²) < 4.78 is 0. The summed E-state index contributed by atoms with van der Waals surface area (Å²) in [5, 5.41) is 0.251. The predicted molar refractivity (Wildman–Crippen MR) is 59.8 cm³/mol. The summed E-state index contributed by atoms with van der Waals surface area (Å²) in [5.74, 6) is 0.633. The Kier molecular flexibility index (Phi) is 6.04. The van der Waals surface area contributed by atoms with Crippen molar-refractivity contribution in [2.24, 2.45) is 5.92 Å². The summed E-state index contributed by atoms with van der Waals surface area (Å²) in [6.45, 7) is 6.29. The van der Waals surface area contributed by atoms with Crippen molar-refractivity contribution in [3.8, 4) is 0 Å². The van der Waals surface area contributed by atoms with Crippen LogP contribution in [-0.2, 0) is 11.8 Å². The molecule has 12 heavy (non-hydrogen) atoms. The topological polar surface area (TPSA) is 40.5 Å². The minimum absolute atomic E-state index is 0.251. The van der Waals surface area contributed by atoms with E-state index >= 15 is 0 Å². The highest BCUT2D eigenvalue weighted by Crippen LogP contribution is 2.53. The smallest absolute Gasteiger partial charge is 0.242 e. The number of rotatable bonds is 5. The molecule has 0 aliphatic rings. The molecule has 0 rings (SSSR count). The maximum atomic E-state index is 9.02. The summed E-state index contributed by atoms with van der Waals surface area (Å²) >= 11 is 5.67. The van der Waals surface area contributed by atoms with Crippen LogP contribution in [0, 0.1) is 5.92 Å². The van der Waals surface area contributed by atoms with Gasteiger partial charge in [-0.1, -0.05) is 38.6 Å². The van der Waals surface area contributed by atoms with E-state index < -0.39 is 5.69 Å². The Balaban J connectivity index is 3.74. The van der Waals surface area contributed by atoms with Crippen LogP contribution in [0.1, 0.15) is 33.6 Å². The Morgan fingerprint density at radius 3 is 2.25 bits per heavy atom. The molecule has 0 aromatic heterocycles. The Hall–Kier alpha value is 0.920. The van der Waals surface area contributed by atoms with Gasteiger partial charge >= 0.3 is 0 Å². The van der Waals surface area contributed by atoms with Gasteiger partial charge in [0.1, 0.15) is 0 Å². The van der Waals surface area contributed by atoms with Gasteiger partial charge in [-0.25, -0.2) is 0 Å². The minimum atomic E-state index is -3.04. The van der Waals surface area contributed by atoms with Crippen LogP contribution in [0.15, 0.2) is 0 Å². The molecule has 0 aromatic rings. The van der Waals surface area contributed by atoms with Crippen molar-refractivity contribution >= 4 is 28.9 Å². The first-order chi connectivity index (χ1) is 5.35. The van der Waals surface area contributed by atoms with Gasteiger partial charge in [-0.3, -0.25) is 0 Å². The van der Waals surface area contributed by atoms with E-state index in [4.69, 9.17) is 9.79 Å². The molecule has 2 atom stereocenters. The molecule has 0 saturated heterocycles. The maximum absolute atomic E-state index is 9.02. The van der Waals surface area contributed by atoms with E-state index in [1.54, 1.807) is 0 Å². The SMILES string of the molecule is CCC(C)CC(C)SP(O)(O)=S. The maximum Gasteiger partial charge on any atom is 0.242 e. The van der Waals surface area contributed by atoms with Crippen molar-refractivity contribution in [1.29, 1.82) is 0 Å². The monoisotopic (exact) mass is 228 g/mol. The van der Waals surface area contributed by atoms with Gasteiger partial charge in [0, 0.05) is 5.25 Å². The van der Waals surface area contributed by atoms with Gasteiger partial charge in [-0.15, -0.1) is 0 Å². The van der Waals surface area contributed by atoms with Gasteiger partial charge in [0.25, 0.3) is 0 Å². The lowest BCUT2D eigenvalue weighted by molar-refractivity contribution is 0.498. The lowest BCUT2D eigenvalue weighted by atomic mass is 10.0. The van der Waals surface area contributed by atoms with Crippen LogP contribution in [0.3, 0.4) is 0 Å². The molecule has 0 aliphatic carbocycles. The van der Waals surface area contributed by atoms with Gasteiger partial charge in [-0.2, -0.15) is 0 Å². The summed E-state index contributed by atoms with van der Waals surface area (Å²) in [6, 6.07) is 0. The van der Waals surface area contributed by atoms with E-state index in [-0.39, 0.29) is 5.25 Å². The van der Waals surface area contributed by atoms with Crippen molar-refractivity contribution in [3.05, 3.63) is 0 Å². The van der Waals surface area contributed by atoms with Gasteiger partial charge in [0.15, 0.2) is 0 Å². The molecule has 0 aromatic carbocycles. The Bertz CT molecular complexity index is 169. The van der Waals surface area contributed by atoms with Crippen LogP contribution >= 0.6 is 17.1 Å². The minimum Gasteiger partial charge on any atom is -0.338 e. The summed E-state index contributed by atoms with van der Waals surface area (Å²) in [5.41, 5.74) is -3.04. The quantitative estimate of drug-likeness (QED) is 0.710. The predicted octanol–water partition coefficient (Wildman–Crippen LogP) is 2.75. The third-order valence-electron chi connectivity index (χ3n) is 1.75. The van der Waals surface area contributed by atoms with Crippen LogP contribution in [0.4, 0.5) is 0 Å². The highest BCUT2D eigenvalue weighted by molar-refractivity contribution is 8.67. The molecule has 2 nitrogen and oxygen atoms in total. The van der Waals surface area contributed by atoms with Gasteiger partial charge in [-0.05, 0) is 24.1 Å². The normalized spacial score (nSPS) is 17.4. The van der Waals surface area contributed by atoms with E-state index in [1.165, 1.54) is 0 Å². The highest BCUT2D eigenvalue weighted by Gasteiger charge is 2.16. The standard InChI is InChI=1S/C7H17O2PS2/c1-4-6(2)5-7(3)12-10(8,9)11/h6-7H,4-5H2,1-3H3,(H2,8,9,11). The van der Waals surface area contributed by atoms with Gasteiger partial charge < -0.3 is 9.79 Å². The Labute approximate surface area is 83.7 Å². The van der Waals surface area contributed by atoms with Crippen molar-refractivity contribution in [1.82, 2.24) is 0 Å². The summed E-state index contributed by atoms with van der Waals surface area (Å²) in [4.78, 5) is 18.0. The largest absolute Gasteiger partial charge is 0.338 e. The van der Waals surface area contributed by atoms with Crippen LogP contribution < -0.4 is 0 Å². The molecule has 0 aliphatic heterocycles. The van der Waals surface area contributed by atoms with Crippen LogP contribution in [0.2, 0.25) is 0 Å². The first-order valence-electron chi connectivity index (χ1n) is 4.09. The summed E-state index contributed by atoms with van der Waals surface area (Å²) in [6.07, 6.45) is 2.13. The molecule has 74 valence electrons. The van der Waals surface area contributed by atoms with E-state index in [2.05, 4.69) is 25.7 Å². The first-order valence-corrected chi connectivity index (χ1v) is 8.28. The molecule has 0 heterocycles.